The van der Waals surface area contributed by atoms with Crippen molar-refractivity contribution in [3.8, 4) is 11.5 Å². The van der Waals surface area contributed by atoms with Gasteiger partial charge in [0.25, 0.3) is 0 Å². The standard InChI is InChI=1S/C34H44N2O4/c1-23-16-26-13-15-36(33(38)19-28(26)17-24(23)2)21-25-8-5-6-14-35(20-25)22-29(37)18-27-9-7-10-31-30(27)11-12-32(39-3)34(31)40-4/h7,9-12,16-17,25,29,37H,5-6,8,13-15,18-22H2,1-4H3. The number of carbonyl (C=O) groups is 1. The molecule has 40 heavy (non-hydrogen) atoms. The maximum atomic E-state index is 13.2. The number of aliphatic hydroxyl groups excluding tert-OH is 1. The van der Waals surface area contributed by atoms with Crippen LogP contribution < -0.4 is 9.47 Å². The molecule has 2 heterocycles. The highest BCUT2D eigenvalue weighted by molar-refractivity contribution is 5.93. The summed E-state index contributed by atoms with van der Waals surface area (Å²) in [6.07, 6.45) is 4.97. The van der Waals surface area contributed by atoms with Gasteiger partial charge in [-0.15, -0.1) is 0 Å². The van der Waals surface area contributed by atoms with Gasteiger partial charge in [-0.05, 0) is 84.8 Å². The monoisotopic (exact) mass is 544 g/mol. The van der Waals surface area contributed by atoms with Gasteiger partial charge in [-0.2, -0.15) is 0 Å². The van der Waals surface area contributed by atoms with Crippen molar-refractivity contribution in [2.24, 2.45) is 5.92 Å². The second-order valence-corrected chi connectivity index (χ2v) is 11.8. The molecule has 0 spiro atoms. The average Bonchev–Trinajstić information content (AvgIpc) is 3.24. The number of aryl methyl sites for hydroxylation is 2. The number of ether oxygens (including phenoxy) is 2. The zero-order valence-corrected chi connectivity index (χ0v) is 24.5. The van der Waals surface area contributed by atoms with Crippen molar-refractivity contribution in [2.45, 2.75) is 58.5 Å². The van der Waals surface area contributed by atoms with Gasteiger partial charge < -0.3 is 24.4 Å². The molecule has 0 radical (unpaired) electrons. The molecule has 2 unspecified atom stereocenters. The maximum absolute atomic E-state index is 13.2. The van der Waals surface area contributed by atoms with Crippen molar-refractivity contribution in [3.05, 3.63) is 70.3 Å². The molecule has 0 bridgehead atoms. The van der Waals surface area contributed by atoms with E-state index in [0.29, 0.717) is 31.1 Å². The minimum Gasteiger partial charge on any atom is -0.493 e. The Morgan fingerprint density at radius 1 is 0.975 bits per heavy atom. The third kappa shape index (κ3) is 6.29. The van der Waals surface area contributed by atoms with E-state index in [1.165, 1.54) is 28.7 Å². The summed E-state index contributed by atoms with van der Waals surface area (Å²) in [7, 11) is 3.31. The average molecular weight is 545 g/mol. The number of benzene rings is 3. The molecule has 3 aromatic rings. The van der Waals surface area contributed by atoms with Crippen LogP contribution in [0.3, 0.4) is 0 Å². The number of hydrogen-bond acceptors (Lipinski definition) is 5. The van der Waals surface area contributed by atoms with E-state index < -0.39 is 6.10 Å². The third-order valence-corrected chi connectivity index (χ3v) is 8.91. The van der Waals surface area contributed by atoms with Crippen molar-refractivity contribution in [3.63, 3.8) is 0 Å². The summed E-state index contributed by atoms with van der Waals surface area (Å²) in [5.41, 5.74) is 6.21. The Labute approximate surface area is 238 Å². The highest BCUT2D eigenvalue weighted by Crippen LogP contribution is 2.37. The molecule has 0 saturated carbocycles. The normalized spacial score (nSPS) is 19.2. The van der Waals surface area contributed by atoms with Crippen molar-refractivity contribution in [1.29, 1.82) is 0 Å². The van der Waals surface area contributed by atoms with Crippen LogP contribution in [0.1, 0.15) is 47.1 Å². The molecule has 0 aromatic heterocycles. The fourth-order valence-electron chi connectivity index (χ4n) is 6.66. The lowest BCUT2D eigenvalue weighted by atomic mass is 9.97. The number of rotatable bonds is 8. The molecule has 1 fully saturated rings. The number of fused-ring (bicyclic) bond motifs is 2. The lowest BCUT2D eigenvalue weighted by Gasteiger charge is -2.30. The summed E-state index contributed by atoms with van der Waals surface area (Å²) in [5.74, 6) is 2.11. The van der Waals surface area contributed by atoms with Gasteiger partial charge in [0, 0.05) is 38.0 Å². The number of carbonyl (C=O) groups excluding carboxylic acids is 1. The van der Waals surface area contributed by atoms with E-state index in [0.717, 1.165) is 67.5 Å². The SMILES string of the molecule is COc1ccc2c(CC(O)CN3CCCCC(CN4CCc5cc(C)c(C)cc5CC4=O)C3)cccc2c1OC. The highest BCUT2D eigenvalue weighted by atomic mass is 16.5. The molecule has 2 atom stereocenters. The molecular formula is C34H44N2O4. The van der Waals surface area contributed by atoms with Crippen LogP contribution in [0.5, 0.6) is 11.5 Å². The number of methoxy groups -OCH3 is 2. The first-order valence-corrected chi connectivity index (χ1v) is 14.8. The first-order chi connectivity index (χ1) is 19.4. The van der Waals surface area contributed by atoms with Gasteiger partial charge in [0.2, 0.25) is 5.91 Å². The summed E-state index contributed by atoms with van der Waals surface area (Å²) in [4.78, 5) is 17.8. The summed E-state index contributed by atoms with van der Waals surface area (Å²) >= 11 is 0. The minimum atomic E-state index is -0.474. The Morgan fingerprint density at radius 3 is 2.55 bits per heavy atom. The highest BCUT2D eigenvalue weighted by Gasteiger charge is 2.27. The van der Waals surface area contributed by atoms with Gasteiger partial charge in [-0.25, -0.2) is 0 Å². The molecule has 2 aliphatic rings. The zero-order valence-electron chi connectivity index (χ0n) is 24.5. The molecule has 6 heteroatoms. The Morgan fingerprint density at radius 2 is 1.77 bits per heavy atom. The number of likely N-dealkylation sites (tertiary alicyclic amines) is 1. The van der Waals surface area contributed by atoms with Crippen LogP contribution >= 0.6 is 0 Å². The van der Waals surface area contributed by atoms with Crippen molar-refractivity contribution in [2.75, 3.05) is 46.9 Å². The fraction of sp³-hybridized carbons (Fsp3) is 0.500. The second-order valence-electron chi connectivity index (χ2n) is 11.8. The van der Waals surface area contributed by atoms with Gasteiger partial charge in [0.05, 0.1) is 26.7 Å². The number of β-amino-alcohol motifs (C(OH)–C–C–N with tert-alkyl or cyclic N) is 1. The van der Waals surface area contributed by atoms with Gasteiger partial charge in [0.15, 0.2) is 11.5 Å². The van der Waals surface area contributed by atoms with E-state index in [4.69, 9.17) is 9.47 Å². The van der Waals surface area contributed by atoms with E-state index in [1.54, 1.807) is 14.2 Å². The molecule has 0 aliphatic carbocycles. The first-order valence-electron chi connectivity index (χ1n) is 14.8. The van der Waals surface area contributed by atoms with Crippen LogP contribution in [-0.4, -0.2) is 73.9 Å². The Balaban J connectivity index is 1.22. The van der Waals surface area contributed by atoms with Gasteiger partial charge in [-0.1, -0.05) is 42.8 Å². The van der Waals surface area contributed by atoms with E-state index in [9.17, 15) is 9.90 Å². The number of amides is 1. The molecule has 2 aliphatic heterocycles. The topological polar surface area (TPSA) is 62.2 Å². The van der Waals surface area contributed by atoms with E-state index in [2.05, 4.69) is 47.9 Å². The summed E-state index contributed by atoms with van der Waals surface area (Å²) in [6, 6.07) is 14.6. The van der Waals surface area contributed by atoms with Gasteiger partial charge >= 0.3 is 0 Å². The van der Waals surface area contributed by atoms with Crippen molar-refractivity contribution in [1.82, 2.24) is 9.80 Å². The lowest BCUT2D eigenvalue weighted by molar-refractivity contribution is -0.131. The Hall–Kier alpha value is -3.09. The van der Waals surface area contributed by atoms with Crippen LogP contribution in [0.2, 0.25) is 0 Å². The van der Waals surface area contributed by atoms with Crippen molar-refractivity contribution >= 4 is 16.7 Å². The summed E-state index contributed by atoms with van der Waals surface area (Å²) in [5, 5.41) is 13.3. The number of hydrogen-bond donors (Lipinski definition) is 1. The molecule has 1 saturated heterocycles. The van der Waals surface area contributed by atoms with Crippen molar-refractivity contribution < 1.29 is 19.4 Å². The lowest BCUT2D eigenvalue weighted by Crippen LogP contribution is -2.41. The van der Waals surface area contributed by atoms with Crippen LogP contribution in [0, 0.1) is 19.8 Å². The Bertz CT molecular complexity index is 1350. The number of nitrogens with zero attached hydrogens (tertiary/aromatic N) is 2. The van der Waals surface area contributed by atoms with Gasteiger partial charge in [-0.3, -0.25) is 4.79 Å². The van der Waals surface area contributed by atoms with Gasteiger partial charge in [0.1, 0.15) is 0 Å². The third-order valence-electron chi connectivity index (χ3n) is 8.91. The number of aliphatic hydroxyl groups is 1. The zero-order chi connectivity index (χ0) is 28.2. The predicted octanol–water partition coefficient (Wildman–Crippen LogP) is 5.11. The largest absolute Gasteiger partial charge is 0.493 e. The maximum Gasteiger partial charge on any atom is 0.227 e. The Kier molecular flexibility index (Phi) is 8.97. The minimum absolute atomic E-state index is 0.251. The molecule has 3 aromatic carbocycles. The quantitative estimate of drug-likeness (QED) is 0.427. The van der Waals surface area contributed by atoms with E-state index in [-0.39, 0.29) is 5.91 Å². The van der Waals surface area contributed by atoms with Crippen LogP contribution in [0.25, 0.3) is 10.8 Å². The van der Waals surface area contributed by atoms with E-state index >= 15 is 0 Å². The summed E-state index contributed by atoms with van der Waals surface area (Å²) < 4.78 is 11.1. The molecule has 5 rings (SSSR count). The van der Waals surface area contributed by atoms with E-state index in [1.807, 2.05) is 18.2 Å². The molecule has 1 amide bonds. The summed E-state index contributed by atoms with van der Waals surface area (Å²) in [6.45, 7) is 8.44. The second kappa shape index (κ2) is 12.6. The van der Waals surface area contributed by atoms with Crippen LogP contribution in [0.15, 0.2) is 42.5 Å². The smallest absolute Gasteiger partial charge is 0.227 e. The molecule has 1 N–H and O–H groups in total. The van der Waals surface area contributed by atoms with Crippen LogP contribution in [0.4, 0.5) is 0 Å². The fourth-order valence-corrected chi connectivity index (χ4v) is 6.66. The van der Waals surface area contributed by atoms with Crippen LogP contribution in [-0.2, 0) is 24.1 Å². The molecule has 214 valence electrons. The molecular weight excluding hydrogens is 500 g/mol. The molecule has 6 nitrogen and oxygen atoms in total. The first kappa shape index (κ1) is 28.4. The predicted molar refractivity (Wildman–Crippen MR) is 160 cm³/mol.